The Balaban J connectivity index is 1.40. The molecule has 0 aromatic heterocycles. The van der Waals surface area contributed by atoms with Gasteiger partial charge in [-0.25, -0.2) is 13.2 Å². The molecule has 3 aromatic rings. The van der Waals surface area contributed by atoms with Crippen molar-refractivity contribution in [1.82, 2.24) is 0 Å². The molecule has 1 fully saturated rings. The number of carbonyl (C=O) groups is 1. The van der Waals surface area contributed by atoms with Gasteiger partial charge in [0.15, 0.2) is 23.2 Å². The van der Waals surface area contributed by atoms with Crippen molar-refractivity contribution < 1.29 is 36.6 Å². The topological polar surface area (TPSA) is 44.8 Å². The maximum Gasteiger partial charge on any atom is 0.314 e. The Morgan fingerprint density at radius 1 is 0.838 bits per heavy atom. The molecular weight excluding hydrogens is 488 g/mol. The predicted molar refractivity (Wildman–Crippen MR) is 130 cm³/mol. The van der Waals surface area contributed by atoms with Crippen molar-refractivity contribution in [2.24, 2.45) is 5.92 Å². The van der Waals surface area contributed by atoms with Crippen molar-refractivity contribution >= 4 is 5.97 Å². The van der Waals surface area contributed by atoms with Gasteiger partial charge >= 0.3 is 5.97 Å². The fourth-order valence-electron chi connectivity index (χ4n) is 4.68. The summed E-state index contributed by atoms with van der Waals surface area (Å²) < 4.78 is 74.0. The zero-order chi connectivity index (χ0) is 26.5. The Kier molecular flexibility index (Phi) is 8.48. The van der Waals surface area contributed by atoms with Crippen LogP contribution in [-0.2, 0) is 16.1 Å². The smallest absolute Gasteiger partial charge is 0.314 e. The van der Waals surface area contributed by atoms with E-state index in [-0.39, 0.29) is 29.2 Å². The summed E-state index contributed by atoms with van der Waals surface area (Å²) in [7, 11) is 1.53. The summed E-state index contributed by atoms with van der Waals surface area (Å²) in [6, 6.07) is 12.3. The Labute approximate surface area is 213 Å². The lowest BCUT2D eigenvalue weighted by molar-refractivity contribution is -0.140. The molecule has 0 spiro atoms. The van der Waals surface area contributed by atoms with E-state index in [1.54, 1.807) is 43.3 Å². The van der Waals surface area contributed by atoms with Crippen molar-refractivity contribution in [2.75, 3.05) is 13.7 Å². The Hall–Kier alpha value is -3.39. The molecule has 4 nitrogen and oxygen atoms in total. The fraction of sp³-hybridized carbons (Fsp3) is 0.345. The number of carbonyl (C=O) groups excluding carboxylic acids is 1. The maximum absolute atomic E-state index is 15.0. The van der Waals surface area contributed by atoms with Gasteiger partial charge in [0, 0.05) is 17.7 Å². The van der Waals surface area contributed by atoms with E-state index in [1.807, 2.05) is 0 Å². The molecular formula is C29H28F4O4. The molecule has 4 rings (SSSR count). The molecule has 3 aromatic carbocycles. The standard InChI is InChI=1S/C29H28F4O4/c1-3-36-16-20-10-15-24(28(33)25(20)30)37-29(34)19-6-4-17(5-7-19)22-13-14-23(27(32)26(22)31)18-8-11-21(35-2)12-9-18/h8-15,17,19H,3-7,16H2,1-2H3. The average Bonchev–Trinajstić information content (AvgIpc) is 2.92. The molecule has 0 amide bonds. The fourth-order valence-corrected chi connectivity index (χ4v) is 4.68. The van der Waals surface area contributed by atoms with Crippen molar-refractivity contribution in [3.05, 3.63) is 82.9 Å². The molecule has 0 heterocycles. The average molecular weight is 517 g/mol. The van der Waals surface area contributed by atoms with Crippen LogP contribution in [0.1, 0.15) is 49.7 Å². The molecule has 1 aliphatic carbocycles. The molecule has 0 unspecified atom stereocenters. The maximum atomic E-state index is 15.0. The zero-order valence-corrected chi connectivity index (χ0v) is 20.7. The van der Waals surface area contributed by atoms with E-state index < -0.39 is 40.9 Å². The van der Waals surface area contributed by atoms with Crippen molar-refractivity contribution in [3.8, 4) is 22.6 Å². The Morgan fingerprint density at radius 2 is 1.54 bits per heavy atom. The first-order valence-corrected chi connectivity index (χ1v) is 12.2. The number of ether oxygens (including phenoxy) is 3. The molecule has 0 N–H and O–H groups in total. The van der Waals surface area contributed by atoms with Gasteiger partial charge in [0.1, 0.15) is 5.75 Å². The van der Waals surface area contributed by atoms with E-state index in [0.29, 0.717) is 43.6 Å². The normalized spacial score (nSPS) is 17.5. The highest BCUT2D eigenvalue weighted by molar-refractivity contribution is 5.75. The van der Waals surface area contributed by atoms with Gasteiger partial charge in [-0.3, -0.25) is 4.79 Å². The second-order valence-electron chi connectivity index (χ2n) is 9.02. The van der Waals surface area contributed by atoms with Gasteiger partial charge < -0.3 is 14.2 Å². The molecule has 37 heavy (non-hydrogen) atoms. The van der Waals surface area contributed by atoms with Crippen molar-refractivity contribution in [2.45, 2.75) is 45.1 Å². The highest BCUT2D eigenvalue weighted by atomic mass is 19.2. The Morgan fingerprint density at radius 3 is 2.19 bits per heavy atom. The van der Waals surface area contributed by atoms with Crippen molar-refractivity contribution in [3.63, 3.8) is 0 Å². The summed E-state index contributed by atoms with van der Waals surface area (Å²) in [5, 5.41) is 0. The van der Waals surface area contributed by atoms with Crippen LogP contribution in [0.25, 0.3) is 11.1 Å². The number of methoxy groups -OCH3 is 1. The Bertz CT molecular complexity index is 1250. The van der Waals surface area contributed by atoms with Crippen LogP contribution < -0.4 is 9.47 Å². The van der Waals surface area contributed by atoms with E-state index in [1.165, 1.54) is 19.2 Å². The van der Waals surface area contributed by atoms with E-state index in [9.17, 15) is 18.0 Å². The largest absolute Gasteiger partial charge is 0.497 e. The van der Waals surface area contributed by atoms with Gasteiger partial charge in [-0.1, -0.05) is 24.3 Å². The molecule has 0 atom stereocenters. The van der Waals surface area contributed by atoms with Gasteiger partial charge in [0.05, 0.1) is 19.6 Å². The molecule has 0 aliphatic heterocycles. The molecule has 1 saturated carbocycles. The van der Waals surface area contributed by atoms with Gasteiger partial charge in [0.2, 0.25) is 5.82 Å². The van der Waals surface area contributed by atoms with E-state index in [0.717, 1.165) is 0 Å². The minimum absolute atomic E-state index is 0.0342. The second kappa shape index (κ2) is 11.8. The monoisotopic (exact) mass is 516 g/mol. The molecule has 0 radical (unpaired) electrons. The second-order valence-corrected chi connectivity index (χ2v) is 9.02. The summed E-state index contributed by atoms with van der Waals surface area (Å²) in [6.45, 7) is 2.00. The minimum atomic E-state index is -1.24. The lowest BCUT2D eigenvalue weighted by Crippen LogP contribution is -2.26. The van der Waals surface area contributed by atoms with Crippen LogP contribution in [0.15, 0.2) is 48.5 Å². The number of halogens is 4. The summed E-state index contributed by atoms with van der Waals surface area (Å²) >= 11 is 0. The highest BCUT2D eigenvalue weighted by Crippen LogP contribution is 2.39. The van der Waals surface area contributed by atoms with E-state index in [4.69, 9.17) is 14.2 Å². The van der Waals surface area contributed by atoms with Crippen molar-refractivity contribution in [1.29, 1.82) is 0 Å². The first-order valence-electron chi connectivity index (χ1n) is 12.2. The molecule has 0 saturated heterocycles. The van der Waals surface area contributed by atoms with Crippen LogP contribution in [0.2, 0.25) is 0 Å². The van der Waals surface area contributed by atoms with Crippen LogP contribution in [0, 0.1) is 29.2 Å². The molecule has 8 heteroatoms. The van der Waals surface area contributed by atoms with Gasteiger partial charge in [-0.05, 0) is 73.9 Å². The summed E-state index contributed by atoms with van der Waals surface area (Å²) in [6.07, 6.45) is 1.58. The van der Waals surface area contributed by atoms with E-state index >= 15 is 4.39 Å². The van der Waals surface area contributed by atoms with Crippen LogP contribution in [-0.4, -0.2) is 19.7 Å². The third-order valence-electron chi connectivity index (χ3n) is 6.81. The molecule has 196 valence electrons. The van der Waals surface area contributed by atoms with Crippen LogP contribution in [0.4, 0.5) is 17.6 Å². The zero-order valence-electron chi connectivity index (χ0n) is 20.7. The lowest BCUT2D eigenvalue weighted by atomic mass is 9.78. The number of rotatable bonds is 8. The number of hydrogen-bond acceptors (Lipinski definition) is 4. The number of benzene rings is 3. The minimum Gasteiger partial charge on any atom is -0.497 e. The third kappa shape index (κ3) is 5.80. The summed E-state index contributed by atoms with van der Waals surface area (Å²) in [4.78, 5) is 12.6. The van der Waals surface area contributed by atoms with Gasteiger partial charge in [0.25, 0.3) is 0 Å². The SMILES string of the molecule is CCOCc1ccc(OC(=O)C2CCC(c3ccc(-c4ccc(OC)cc4)c(F)c3F)CC2)c(F)c1F. The number of hydrogen-bond donors (Lipinski definition) is 0. The van der Waals surface area contributed by atoms with Crippen LogP contribution in [0.3, 0.4) is 0 Å². The van der Waals surface area contributed by atoms with Gasteiger partial charge in [-0.2, -0.15) is 4.39 Å². The predicted octanol–water partition coefficient (Wildman–Crippen LogP) is 7.33. The van der Waals surface area contributed by atoms with Crippen LogP contribution in [0.5, 0.6) is 11.5 Å². The molecule has 0 bridgehead atoms. The first-order chi connectivity index (χ1) is 17.8. The first kappa shape index (κ1) is 26.7. The quantitative estimate of drug-likeness (QED) is 0.179. The highest BCUT2D eigenvalue weighted by Gasteiger charge is 2.31. The summed E-state index contributed by atoms with van der Waals surface area (Å²) in [5.74, 6) is -5.53. The third-order valence-corrected chi connectivity index (χ3v) is 6.81. The lowest BCUT2D eigenvalue weighted by Gasteiger charge is -2.28. The van der Waals surface area contributed by atoms with Crippen LogP contribution >= 0.6 is 0 Å². The molecule has 1 aliphatic rings. The number of esters is 1. The van der Waals surface area contributed by atoms with E-state index in [2.05, 4.69) is 0 Å². The summed E-state index contributed by atoms with van der Waals surface area (Å²) in [5.41, 5.74) is 0.985. The van der Waals surface area contributed by atoms with Gasteiger partial charge in [-0.15, -0.1) is 0 Å².